The van der Waals surface area contributed by atoms with Crippen LogP contribution in [0.5, 0.6) is 0 Å². The van der Waals surface area contributed by atoms with E-state index in [4.69, 9.17) is 9.26 Å². The molecule has 1 rings (SSSR count). The van der Waals surface area contributed by atoms with Gasteiger partial charge in [0, 0.05) is 26.7 Å². The number of ether oxygens (including phenoxy) is 1. The zero-order valence-electron chi connectivity index (χ0n) is 10.2. The molecule has 0 saturated carbocycles. The van der Waals surface area contributed by atoms with Crippen molar-refractivity contribution in [3.05, 3.63) is 5.89 Å². The van der Waals surface area contributed by atoms with Crippen LogP contribution in [-0.2, 0) is 11.3 Å². The van der Waals surface area contributed by atoms with Crippen LogP contribution >= 0.6 is 0 Å². The van der Waals surface area contributed by atoms with Crippen LogP contribution in [0.15, 0.2) is 4.52 Å². The van der Waals surface area contributed by atoms with Crippen LogP contribution in [0.3, 0.4) is 0 Å². The third kappa shape index (κ3) is 3.79. The van der Waals surface area contributed by atoms with Gasteiger partial charge in [0.1, 0.15) is 0 Å². The van der Waals surface area contributed by atoms with Gasteiger partial charge in [-0.3, -0.25) is 0 Å². The monoisotopic (exact) mass is 228 g/mol. The van der Waals surface area contributed by atoms with Crippen molar-refractivity contribution in [1.29, 1.82) is 0 Å². The van der Waals surface area contributed by atoms with Gasteiger partial charge in [-0.25, -0.2) is 0 Å². The second-order valence-corrected chi connectivity index (χ2v) is 3.33. The average Bonchev–Trinajstić information content (AvgIpc) is 2.75. The zero-order chi connectivity index (χ0) is 11.8. The Bertz CT molecular complexity index is 286. The van der Waals surface area contributed by atoms with E-state index in [9.17, 15) is 0 Å². The fourth-order valence-electron chi connectivity index (χ4n) is 1.32. The Labute approximate surface area is 96.0 Å². The summed E-state index contributed by atoms with van der Waals surface area (Å²) in [4.78, 5) is 6.34. The lowest BCUT2D eigenvalue weighted by Gasteiger charge is -2.14. The van der Waals surface area contributed by atoms with Crippen LogP contribution in [0.4, 0.5) is 5.95 Å². The first-order valence-electron chi connectivity index (χ1n) is 5.59. The Balaban J connectivity index is 2.38. The molecule has 0 aliphatic rings. The maximum absolute atomic E-state index is 5.12. The van der Waals surface area contributed by atoms with Crippen LogP contribution < -0.4 is 10.2 Å². The van der Waals surface area contributed by atoms with Gasteiger partial charge in [0.05, 0.1) is 13.2 Å². The minimum absolute atomic E-state index is 0.581. The standard InChI is InChI=1S/C10H20N4O2/c1-4-14(5-2)10-12-9(16-13-10)8-11-6-7-15-3/h11H,4-8H2,1-3H3. The quantitative estimate of drug-likeness (QED) is 0.659. The van der Waals surface area contributed by atoms with Gasteiger partial charge in [-0.2, -0.15) is 4.98 Å². The van der Waals surface area contributed by atoms with E-state index in [-0.39, 0.29) is 0 Å². The summed E-state index contributed by atoms with van der Waals surface area (Å²) in [5, 5.41) is 7.08. The van der Waals surface area contributed by atoms with Crippen molar-refractivity contribution in [3.8, 4) is 0 Å². The topological polar surface area (TPSA) is 63.4 Å². The Hall–Kier alpha value is -1.14. The first kappa shape index (κ1) is 12.9. The molecule has 0 aromatic carbocycles. The number of methoxy groups -OCH3 is 1. The molecule has 1 N–H and O–H groups in total. The molecule has 0 atom stereocenters. The van der Waals surface area contributed by atoms with Gasteiger partial charge in [-0.05, 0) is 19.0 Å². The lowest BCUT2D eigenvalue weighted by molar-refractivity contribution is 0.197. The summed E-state index contributed by atoms with van der Waals surface area (Å²) in [6.07, 6.45) is 0. The Kier molecular flexibility index (Phi) is 5.81. The number of nitrogens with one attached hydrogen (secondary N) is 1. The molecule has 1 heterocycles. The van der Waals surface area contributed by atoms with Gasteiger partial charge in [-0.15, -0.1) is 0 Å². The average molecular weight is 228 g/mol. The molecule has 0 aliphatic heterocycles. The Morgan fingerprint density at radius 3 is 2.75 bits per heavy atom. The summed E-state index contributed by atoms with van der Waals surface area (Å²) in [7, 11) is 1.67. The maximum Gasteiger partial charge on any atom is 0.266 e. The summed E-state index contributed by atoms with van der Waals surface area (Å²) in [6, 6.07) is 0. The van der Waals surface area contributed by atoms with Gasteiger partial charge in [0.25, 0.3) is 5.95 Å². The van der Waals surface area contributed by atoms with E-state index in [1.54, 1.807) is 7.11 Å². The molecule has 6 nitrogen and oxygen atoms in total. The molecule has 6 heteroatoms. The SMILES string of the molecule is CCN(CC)c1noc(CNCCOC)n1. The molecular formula is C10H20N4O2. The number of nitrogens with zero attached hydrogens (tertiary/aromatic N) is 3. The van der Waals surface area contributed by atoms with Crippen LogP contribution in [0.25, 0.3) is 0 Å². The summed E-state index contributed by atoms with van der Waals surface area (Å²) >= 11 is 0. The third-order valence-corrected chi connectivity index (χ3v) is 2.26. The van der Waals surface area contributed by atoms with Crippen molar-refractivity contribution in [2.75, 3.05) is 38.3 Å². The summed E-state index contributed by atoms with van der Waals surface area (Å²) in [5.74, 6) is 1.27. The highest BCUT2D eigenvalue weighted by Gasteiger charge is 2.10. The molecule has 0 radical (unpaired) electrons. The molecule has 1 aromatic rings. The van der Waals surface area contributed by atoms with Crippen molar-refractivity contribution in [2.24, 2.45) is 0 Å². The second-order valence-electron chi connectivity index (χ2n) is 3.33. The molecule has 16 heavy (non-hydrogen) atoms. The van der Waals surface area contributed by atoms with Crippen LogP contribution in [0.1, 0.15) is 19.7 Å². The lowest BCUT2D eigenvalue weighted by Crippen LogP contribution is -2.23. The number of hydrogen-bond acceptors (Lipinski definition) is 6. The number of rotatable bonds is 8. The summed E-state index contributed by atoms with van der Waals surface area (Å²) < 4.78 is 10.0. The van der Waals surface area contributed by atoms with E-state index in [2.05, 4.69) is 29.3 Å². The minimum Gasteiger partial charge on any atom is -0.383 e. The Morgan fingerprint density at radius 1 is 1.38 bits per heavy atom. The molecule has 0 unspecified atom stereocenters. The number of hydrogen-bond donors (Lipinski definition) is 1. The van der Waals surface area contributed by atoms with Crippen molar-refractivity contribution >= 4 is 5.95 Å². The van der Waals surface area contributed by atoms with Crippen molar-refractivity contribution in [3.63, 3.8) is 0 Å². The van der Waals surface area contributed by atoms with Crippen molar-refractivity contribution < 1.29 is 9.26 Å². The van der Waals surface area contributed by atoms with Crippen molar-refractivity contribution in [1.82, 2.24) is 15.5 Å². The first-order chi connectivity index (χ1) is 7.81. The molecular weight excluding hydrogens is 208 g/mol. The van der Waals surface area contributed by atoms with Crippen molar-refractivity contribution in [2.45, 2.75) is 20.4 Å². The predicted molar refractivity (Wildman–Crippen MR) is 61.4 cm³/mol. The van der Waals surface area contributed by atoms with E-state index < -0.39 is 0 Å². The van der Waals surface area contributed by atoms with E-state index in [1.165, 1.54) is 0 Å². The van der Waals surface area contributed by atoms with E-state index in [0.29, 0.717) is 25.0 Å². The van der Waals surface area contributed by atoms with Gasteiger partial charge in [0.15, 0.2) is 0 Å². The van der Waals surface area contributed by atoms with Gasteiger partial charge >= 0.3 is 0 Å². The fraction of sp³-hybridized carbons (Fsp3) is 0.800. The normalized spacial score (nSPS) is 10.7. The third-order valence-electron chi connectivity index (χ3n) is 2.26. The highest BCUT2D eigenvalue weighted by molar-refractivity contribution is 5.26. The maximum atomic E-state index is 5.12. The highest BCUT2D eigenvalue weighted by atomic mass is 16.5. The van der Waals surface area contributed by atoms with E-state index in [1.807, 2.05) is 4.90 Å². The Morgan fingerprint density at radius 2 is 2.12 bits per heavy atom. The molecule has 1 aromatic heterocycles. The highest BCUT2D eigenvalue weighted by Crippen LogP contribution is 2.08. The van der Waals surface area contributed by atoms with Gasteiger partial charge < -0.3 is 19.5 Å². The molecule has 0 amide bonds. The smallest absolute Gasteiger partial charge is 0.266 e. The van der Waals surface area contributed by atoms with Crippen LogP contribution in [0, 0.1) is 0 Å². The summed E-state index contributed by atoms with van der Waals surface area (Å²) in [6.45, 7) is 7.93. The first-order valence-corrected chi connectivity index (χ1v) is 5.59. The van der Waals surface area contributed by atoms with E-state index in [0.717, 1.165) is 19.6 Å². The molecule has 0 fully saturated rings. The molecule has 92 valence electrons. The zero-order valence-corrected chi connectivity index (χ0v) is 10.2. The molecule has 0 saturated heterocycles. The van der Waals surface area contributed by atoms with Gasteiger partial charge in [0.2, 0.25) is 5.89 Å². The van der Waals surface area contributed by atoms with Gasteiger partial charge in [-0.1, -0.05) is 0 Å². The second kappa shape index (κ2) is 7.19. The molecule has 0 aliphatic carbocycles. The lowest BCUT2D eigenvalue weighted by atomic mass is 10.5. The number of anilines is 1. The largest absolute Gasteiger partial charge is 0.383 e. The predicted octanol–water partition coefficient (Wildman–Crippen LogP) is 0.652. The fourth-order valence-corrected chi connectivity index (χ4v) is 1.32. The van der Waals surface area contributed by atoms with E-state index >= 15 is 0 Å². The summed E-state index contributed by atoms with van der Waals surface area (Å²) in [5.41, 5.74) is 0. The molecule has 0 bridgehead atoms. The number of aromatic nitrogens is 2. The van der Waals surface area contributed by atoms with Crippen LogP contribution in [0.2, 0.25) is 0 Å². The van der Waals surface area contributed by atoms with Crippen LogP contribution in [-0.4, -0.2) is 43.5 Å². The minimum atomic E-state index is 0.581. The molecule has 0 spiro atoms.